The van der Waals surface area contributed by atoms with Crippen molar-refractivity contribution in [1.29, 1.82) is 0 Å². The van der Waals surface area contributed by atoms with Gasteiger partial charge in [-0.05, 0) is 54.4 Å². The summed E-state index contributed by atoms with van der Waals surface area (Å²) >= 11 is 0.829. The topological polar surface area (TPSA) is 75.6 Å². The molecule has 0 aliphatic heterocycles. The first-order valence-electron chi connectivity index (χ1n) is 9.47. The minimum Gasteiger partial charge on any atom is -0.494 e. The fraction of sp³-hybridized carbons (Fsp3) is 0.182. The zero-order valence-electron chi connectivity index (χ0n) is 16.7. The van der Waals surface area contributed by atoms with E-state index in [0.717, 1.165) is 29.5 Å². The van der Waals surface area contributed by atoms with Crippen LogP contribution in [0.15, 0.2) is 48.5 Å². The lowest BCUT2D eigenvalue weighted by molar-refractivity contribution is -0.136. The monoisotopic (exact) mass is 485 g/mol. The Kier molecular flexibility index (Phi) is 7.32. The SMILES string of the molecule is O=C(O)c1sc(-c2ccc(OCCCC(F)(F)F)cc2)cc1NC(=O)c1c(F)cccc1F. The molecule has 0 bridgehead atoms. The van der Waals surface area contributed by atoms with Crippen molar-refractivity contribution in [3.8, 4) is 16.2 Å². The molecule has 3 rings (SSSR count). The van der Waals surface area contributed by atoms with Crippen LogP contribution in [0.25, 0.3) is 10.4 Å². The van der Waals surface area contributed by atoms with E-state index in [1.165, 1.54) is 18.2 Å². The molecule has 0 saturated carbocycles. The lowest BCUT2D eigenvalue weighted by atomic mass is 10.1. The highest BCUT2D eigenvalue weighted by Gasteiger charge is 2.26. The van der Waals surface area contributed by atoms with Crippen LogP contribution in [0.4, 0.5) is 27.6 Å². The lowest BCUT2D eigenvalue weighted by Crippen LogP contribution is -2.16. The van der Waals surface area contributed by atoms with Crippen LogP contribution in [0, 0.1) is 11.6 Å². The van der Waals surface area contributed by atoms with Crippen molar-refractivity contribution in [2.75, 3.05) is 11.9 Å². The van der Waals surface area contributed by atoms with E-state index in [-0.39, 0.29) is 23.6 Å². The third-order valence-electron chi connectivity index (χ3n) is 4.38. The highest BCUT2D eigenvalue weighted by molar-refractivity contribution is 7.18. The second-order valence-corrected chi connectivity index (χ2v) is 7.85. The van der Waals surface area contributed by atoms with Gasteiger partial charge in [-0.3, -0.25) is 4.79 Å². The Morgan fingerprint density at radius 3 is 2.24 bits per heavy atom. The second kappa shape index (κ2) is 9.99. The van der Waals surface area contributed by atoms with Crippen molar-refractivity contribution in [2.24, 2.45) is 0 Å². The molecule has 11 heteroatoms. The Hall–Kier alpha value is -3.47. The molecule has 0 fully saturated rings. The van der Waals surface area contributed by atoms with E-state index >= 15 is 0 Å². The number of aromatic carboxylic acids is 1. The third kappa shape index (κ3) is 6.28. The first-order chi connectivity index (χ1) is 15.5. The highest BCUT2D eigenvalue weighted by Crippen LogP contribution is 2.36. The standard InChI is InChI=1S/C22H16F5NO4S/c23-14-3-1-4-15(24)18(14)20(29)28-16-11-17(33-19(16)21(30)31)12-5-7-13(8-6-12)32-10-2-9-22(25,26)27/h1,3-8,11H,2,9-10H2,(H,28,29)(H,30,31). The Balaban J connectivity index is 1.75. The summed E-state index contributed by atoms with van der Waals surface area (Å²) in [6.07, 6.45) is -5.40. The molecule has 0 unspecified atom stereocenters. The van der Waals surface area contributed by atoms with E-state index in [0.29, 0.717) is 16.2 Å². The van der Waals surface area contributed by atoms with Crippen LogP contribution in [0.1, 0.15) is 32.9 Å². The molecule has 0 radical (unpaired) electrons. The number of alkyl halides is 3. The number of amides is 1. The third-order valence-corrected chi connectivity index (χ3v) is 5.55. The summed E-state index contributed by atoms with van der Waals surface area (Å²) in [5.74, 6) is -4.34. The van der Waals surface area contributed by atoms with Gasteiger partial charge in [0.05, 0.1) is 12.3 Å². The smallest absolute Gasteiger partial charge is 0.389 e. The molecule has 1 heterocycles. The maximum Gasteiger partial charge on any atom is 0.389 e. The molecule has 3 aromatic rings. The molecular weight excluding hydrogens is 469 g/mol. The van der Waals surface area contributed by atoms with Crippen LogP contribution in [0.2, 0.25) is 0 Å². The summed E-state index contributed by atoms with van der Waals surface area (Å²) in [4.78, 5) is 24.1. The second-order valence-electron chi connectivity index (χ2n) is 6.80. The van der Waals surface area contributed by atoms with Crippen LogP contribution in [0.5, 0.6) is 5.75 Å². The summed E-state index contributed by atoms with van der Waals surface area (Å²) < 4.78 is 69.5. The van der Waals surface area contributed by atoms with E-state index < -0.39 is 41.7 Å². The van der Waals surface area contributed by atoms with Gasteiger partial charge in [0.15, 0.2) is 0 Å². The molecular formula is C22H16F5NO4S. The molecule has 174 valence electrons. The van der Waals surface area contributed by atoms with Crippen molar-refractivity contribution in [3.05, 3.63) is 70.6 Å². The van der Waals surface area contributed by atoms with Crippen LogP contribution >= 0.6 is 11.3 Å². The van der Waals surface area contributed by atoms with Gasteiger partial charge < -0.3 is 15.2 Å². The number of carbonyl (C=O) groups is 2. The average Bonchev–Trinajstić information content (AvgIpc) is 3.15. The number of carbonyl (C=O) groups excluding carboxylic acids is 1. The van der Waals surface area contributed by atoms with Gasteiger partial charge in [0.1, 0.15) is 27.8 Å². The number of anilines is 1. The number of hydrogen-bond acceptors (Lipinski definition) is 4. The largest absolute Gasteiger partial charge is 0.494 e. The Morgan fingerprint density at radius 1 is 1.03 bits per heavy atom. The molecule has 33 heavy (non-hydrogen) atoms. The molecule has 1 aromatic heterocycles. The molecule has 0 atom stereocenters. The van der Waals surface area contributed by atoms with E-state index in [2.05, 4.69) is 5.32 Å². The molecule has 0 spiro atoms. The summed E-state index contributed by atoms with van der Waals surface area (Å²) in [5, 5.41) is 11.7. The first kappa shape index (κ1) is 24.2. The van der Waals surface area contributed by atoms with Crippen molar-refractivity contribution in [3.63, 3.8) is 0 Å². The number of rotatable bonds is 8. The van der Waals surface area contributed by atoms with Gasteiger partial charge in [0, 0.05) is 11.3 Å². The maximum absolute atomic E-state index is 13.9. The number of carboxylic acids is 1. The first-order valence-corrected chi connectivity index (χ1v) is 10.3. The van der Waals surface area contributed by atoms with Gasteiger partial charge in [-0.25, -0.2) is 13.6 Å². The van der Waals surface area contributed by atoms with Gasteiger partial charge in [0.2, 0.25) is 0 Å². The zero-order chi connectivity index (χ0) is 24.2. The molecule has 0 saturated heterocycles. The van der Waals surface area contributed by atoms with E-state index in [1.807, 2.05) is 0 Å². The Morgan fingerprint density at radius 2 is 1.67 bits per heavy atom. The summed E-state index contributed by atoms with van der Waals surface area (Å²) in [6, 6.07) is 10.4. The van der Waals surface area contributed by atoms with E-state index in [9.17, 15) is 36.6 Å². The molecule has 2 aromatic carbocycles. The van der Waals surface area contributed by atoms with Gasteiger partial charge in [-0.2, -0.15) is 13.2 Å². The van der Waals surface area contributed by atoms with Crippen LogP contribution < -0.4 is 10.1 Å². The number of thiophene rings is 1. The number of ether oxygens (including phenoxy) is 1. The molecule has 1 amide bonds. The zero-order valence-corrected chi connectivity index (χ0v) is 17.5. The number of nitrogens with one attached hydrogen (secondary N) is 1. The number of carboxylic acid groups (broad SMARTS) is 1. The number of hydrogen-bond donors (Lipinski definition) is 2. The predicted octanol–water partition coefficient (Wildman–Crippen LogP) is 6.37. The normalized spacial score (nSPS) is 11.3. The van der Waals surface area contributed by atoms with Crippen molar-refractivity contribution >= 4 is 28.9 Å². The van der Waals surface area contributed by atoms with Crippen molar-refractivity contribution in [1.82, 2.24) is 0 Å². The fourth-order valence-electron chi connectivity index (χ4n) is 2.86. The van der Waals surface area contributed by atoms with Gasteiger partial charge in [-0.1, -0.05) is 6.07 Å². The summed E-state index contributed by atoms with van der Waals surface area (Å²) in [6.45, 7) is -0.121. The quantitative estimate of drug-likeness (QED) is 0.287. The highest BCUT2D eigenvalue weighted by atomic mass is 32.1. The number of benzene rings is 2. The maximum atomic E-state index is 13.9. The molecule has 5 nitrogen and oxygen atoms in total. The summed E-state index contributed by atoms with van der Waals surface area (Å²) in [7, 11) is 0. The predicted molar refractivity (Wildman–Crippen MR) is 112 cm³/mol. The van der Waals surface area contributed by atoms with E-state index in [4.69, 9.17) is 4.74 Å². The van der Waals surface area contributed by atoms with Crippen molar-refractivity contribution < 1.29 is 41.4 Å². The van der Waals surface area contributed by atoms with Crippen LogP contribution in [-0.2, 0) is 0 Å². The van der Waals surface area contributed by atoms with Gasteiger partial charge in [0.25, 0.3) is 5.91 Å². The lowest BCUT2D eigenvalue weighted by Gasteiger charge is -2.08. The minimum atomic E-state index is -4.25. The number of halogens is 5. The minimum absolute atomic E-state index is 0.121. The van der Waals surface area contributed by atoms with Crippen LogP contribution in [0.3, 0.4) is 0 Å². The van der Waals surface area contributed by atoms with Gasteiger partial charge in [-0.15, -0.1) is 11.3 Å². The Labute approximate surface area is 188 Å². The average molecular weight is 485 g/mol. The molecule has 2 N–H and O–H groups in total. The molecule has 0 aliphatic rings. The summed E-state index contributed by atoms with van der Waals surface area (Å²) in [5.41, 5.74) is -0.432. The van der Waals surface area contributed by atoms with Crippen molar-refractivity contribution in [2.45, 2.75) is 19.0 Å². The molecule has 0 aliphatic carbocycles. The van der Waals surface area contributed by atoms with Crippen LogP contribution in [-0.4, -0.2) is 29.8 Å². The van der Waals surface area contributed by atoms with Gasteiger partial charge >= 0.3 is 12.1 Å². The fourth-order valence-corrected chi connectivity index (χ4v) is 3.82. The van der Waals surface area contributed by atoms with E-state index in [1.54, 1.807) is 12.1 Å². The Bertz CT molecular complexity index is 1140.